The molecule has 0 unspecified atom stereocenters. The SMILES string of the molecule is N#C/C(=C\c1ccco1)C(=O)N1CCc2ccccc2C1. The van der Waals surface area contributed by atoms with E-state index in [0.29, 0.717) is 18.8 Å². The van der Waals surface area contributed by atoms with Gasteiger partial charge in [0, 0.05) is 19.2 Å². The Morgan fingerprint density at radius 2 is 2.05 bits per heavy atom. The highest BCUT2D eigenvalue weighted by Crippen LogP contribution is 2.20. The topological polar surface area (TPSA) is 57.2 Å². The third kappa shape index (κ3) is 2.72. The molecule has 0 saturated carbocycles. The van der Waals surface area contributed by atoms with Gasteiger partial charge in [0.15, 0.2) is 0 Å². The van der Waals surface area contributed by atoms with E-state index in [-0.39, 0.29) is 11.5 Å². The monoisotopic (exact) mass is 278 g/mol. The van der Waals surface area contributed by atoms with E-state index in [1.807, 2.05) is 24.3 Å². The predicted octanol–water partition coefficient (Wildman–Crippen LogP) is 2.77. The van der Waals surface area contributed by atoms with Gasteiger partial charge in [0.05, 0.1) is 6.26 Å². The molecule has 21 heavy (non-hydrogen) atoms. The van der Waals surface area contributed by atoms with Crippen LogP contribution in [0.1, 0.15) is 16.9 Å². The van der Waals surface area contributed by atoms with Crippen LogP contribution in [-0.4, -0.2) is 17.4 Å². The molecule has 0 bridgehead atoms. The molecule has 0 fully saturated rings. The molecular formula is C17H14N2O2. The van der Waals surface area contributed by atoms with Crippen LogP contribution in [0.25, 0.3) is 6.08 Å². The predicted molar refractivity (Wildman–Crippen MR) is 77.9 cm³/mol. The molecule has 0 N–H and O–H groups in total. The minimum absolute atomic E-state index is 0.101. The zero-order valence-electron chi connectivity index (χ0n) is 11.5. The molecule has 0 spiro atoms. The molecular weight excluding hydrogens is 264 g/mol. The highest BCUT2D eigenvalue weighted by Gasteiger charge is 2.23. The molecule has 4 heteroatoms. The van der Waals surface area contributed by atoms with E-state index in [1.54, 1.807) is 17.0 Å². The molecule has 1 aromatic heterocycles. The van der Waals surface area contributed by atoms with Gasteiger partial charge in [0.1, 0.15) is 17.4 Å². The number of carbonyl (C=O) groups excluding carboxylic acids is 1. The van der Waals surface area contributed by atoms with E-state index >= 15 is 0 Å². The second-order valence-electron chi connectivity index (χ2n) is 4.93. The summed E-state index contributed by atoms with van der Waals surface area (Å²) in [7, 11) is 0. The van der Waals surface area contributed by atoms with E-state index in [9.17, 15) is 10.1 Å². The van der Waals surface area contributed by atoms with Crippen LogP contribution in [0.5, 0.6) is 0 Å². The number of carbonyl (C=O) groups is 1. The first-order valence-electron chi connectivity index (χ1n) is 6.79. The van der Waals surface area contributed by atoms with Crippen LogP contribution in [0.2, 0.25) is 0 Å². The standard InChI is InChI=1S/C17H14N2O2/c18-11-15(10-16-6-3-9-21-16)17(20)19-8-7-13-4-1-2-5-14(13)12-19/h1-6,9-10H,7-8,12H2/b15-10+. The van der Waals surface area contributed by atoms with Crippen LogP contribution in [0.3, 0.4) is 0 Å². The number of hydrogen-bond acceptors (Lipinski definition) is 3. The maximum absolute atomic E-state index is 12.5. The number of hydrogen-bond donors (Lipinski definition) is 0. The summed E-state index contributed by atoms with van der Waals surface area (Å²) in [4.78, 5) is 14.2. The molecule has 0 radical (unpaired) electrons. The fourth-order valence-corrected chi connectivity index (χ4v) is 2.50. The molecule has 0 saturated heterocycles. The van der Waals surface area contributed by atoms with Gasteiger partial charge in [-0.2, -0.15) is 5.26 Å². The maximum atomic E-state index is 12.5. The van der Waals surface area contributed by atoms with Crippen LogP contribution in [0.4, 0.5) is 0 Å². The number of benzene rings is 1. The average molecular weight is 278 g/mol. The van der Waals surface area contributed by atoms with E-state index in [0.717, 1.165) is 12.0 Å². The number of furan rings is 1. The molecule has 0 atom stereocenters. The van der Waals surface area contributed by atoms with Crippen molar-refractivity contribution in [1.82, 2.24) is 4.90 Å². The van der Waals surface area contributed by atoms with Crippen LogP contribution in [0, 0.1) is 11.3 Å². The summed E-state index contributed by atoms with van der Waals surface area (Å²) in [6.45, 7) is 1.18. The summed E-state index contributed by atoms with van der Waals surface area (Å²) < 4.78 is 5.16. The zero-order valence-corrected chi connectivity index (χ0v) is 11.5. The summed E-state index contributed by atoms with van der Waals surface area (Å²) in [6, 6.07) is 13.5. The fourth-order valence-electron chi connectivity index (χ4n) is 2.50. The van der Waals surface area contributed by atoms with Crippen molar-refractivity contribution in [1.29, 1.82) is 5.26 Å². The van der Waals surface area contributed by atoms with Crippen LogP contribution in [0.15, 0.2) is 52.7 Å². The fraction of sp³-hybridized carbons (Fsp3) is 0.176. The number of amides is 1. The van der Waals surface area contributed by atoms with Gasteiger partial charge in [0.25, 0.3) is 5.91 Å². The van der Waals surface area contributed by atoms with Crippen LogP contribution >= 0.6 is 0 Å². The summed E-state index contributed by atoms with van der Waals surface area (Å²) in [5, 5.41) is 9.21. The number of nitrogens with zero attached hydrogens (tertiary/aromatic N) is 2. The van der Waals surface area contributed by atoms with Crippen molar-refractivity contribution in [2.24, 2.45) is 0 Å². The number of rotatable bonds is 2. The van der Waals surface area contributed by atoms with Gasteiger partial charge in [0.2, 0.25) is 0 Å². The van der Waals surface area contributed by atoms with Crippen molar-refractivity contribution in [3.63, 3.8) is 0 Å². The highest BCUT2D eigenvalue weighted by atomic mass is 16.3. The van der Waals surface area contributed by atoms with Gasteiger partial charge in [-0.25, -0.2) is 0 Å². The molecule has 2 heterocycles. The van der Waals surface area contributed by atoms with Gasteiger partial charge in [-0.15, -0.1) is 0 Å². The third-order valence-corrected chi connectivity index (χ3v) is 3.60. The zero-order chi connectivity index (χ0) is 14.7. The minimum atomic E-state index is -0.247. The molecule has 0 aliphatic carbocycles. The summed E-state index contributed by atoms with van der Waals surface area (Å²) in [6.07, 6.45) is 3.83. The Labute approximate surface area is 122 Å². The Morgan fingerprint density at radius 3 is 2.76 bits per heavy atom. The summed E-state index contributed by atoms with van der Waals surface area (Å²) in [5.74, 6) is 0.265. The minimum Gasteiger partial charge on any atom is -0.465 e. The van der Waals surface area contributed by atoms with Gasteiger partial charge in [-0.1, -0.05) is 24.3 Å². The molecule has 3 rings (SSSR count). The Balaban J connectivity index is 1.81. The highest BCUT2D eigenvalue weighted by molar-refractivity contribution is 6.01. The molecule has 1 aromatic carbocycles. The van der Waals surface area contributed by atoms with Crippen molar-refractivity contribution < 1.29 is 9.21 Å². The van der Waals surface area contributed by atoms with Gasteiger partial charge in [-0.05, 0) is 29.7 Å². The lowest BCUT2D eigenvalue weighted by Crippen LogP contribution is -2.36. The molecule has 2 aromatic rings. The van der Waals surface area contributed by atoms with Crippen molar-refractivity contribution in [2.75, 3.05) is 6.54 Å². The summed E-state index contributed by atoms with van der Waals surface area (Å²) in [5.41, 5.74) is 2.52. The van der Waals surface area contributed by atoms with Gasteiger partial charge < -0.3 is 9.32 Å². The lowest BCUT2D eigenvalue weighted by Gasteiger charge is -2.28. The normalized spacial score (nSPS) is 14.4. The Kier molecular flexibility index (Phi) is 3.57. The summed E-state index contributed by atoms with van der Waals surface area (Å²) >= 11 is 0. The lowest BCUT2D eigenvalue weighted by molar-refractivity contribution is -0.127. The first-order chi connectivity index (χ1) is 10.3. The molecule has 1 amide bonds. The lowest BCUT2D eigenvalue weighted by atomic mass is 9.99. The first-order valence-corrected chi connectivity index (χ1v) is 6.79. The maximum Gasteiger partial charge on any atom is 0.264 e. The quantitative estimate of drug-likeness (QED) is 0.627. The first kappa shape index (κ1) is 13.2. The molecule has 4 nitrogen and oxygen atoms in total. The second kappa shape index (κ2) is 5.68. The van der Waals surface area contributed by atoms with Crippen molar-refractivity contribution >= 4 is 12.0 Å². The van der Waals surface area contributed by atoms with Crippen LogP contribution in [-0.2, 0) is 17.8 Å². The molecule has 1 aliphatic rings. The van der Waals surface area contributed by atoms with Crippen molar-refractivity contribution in [3.05, 3.63) is 65.1 Å². The number of fused-ring (bicyclic) bond motifs is 1. The smallest absolute Gasteiger partial charge is 0.264 e. The van der Waals surface area contributed by atoms with E-state index in [2.05, 4.69) is 6.07 Å². The third-order valence-electron chi connectivity index (χ3n) is 3.60. The largest absolute Gasteiger partial charge is 0.465 e. The molecule has 104 valence electrons. The number of nitriles is 1. The van der Waals surface area contributed by atoms with E-state index < -0.39 is 0 Å². The Morgan fingerprint density at radius 1 is 1.24 bits per heavy atom. The van der Waals surface area contributed by atoms with E-state index in [4.69, 9.17) is 4.42 Å². The Bertz CT molecular complexity index is 723. The van der Waals surface area contributed by atoms with E-state index in [1.165, 1.54) is 17.9 Å². The van der Waals surface area contributed by atoms with Gasteiger partial charge in [-0.3, -0.25) is 4.79 Å². The average Bonchev–Trinajstić information content (AvgIpc) is 3.04. The van der Waals surface area contributed by atoms with Crippen molar-refractivity contribution in [3.8, 4) is 6.07 Å². The second-order valence-corrected chi connectivity index (χ2v) is 4.93. The van der Waals surface area contributed by atoms with Gasteiger partial charge >= 0.3 is 0 Å². The van der Waals surface area contributed by atoms with Crippen molar-refractivity contribution in [2.45, 2.75) is 13.0 Å². The molecule has 1 aliphatic heterocycles. The van der Waals surface area contributed by atoms with Crippen LogP contribution < -0.4 is 0 Å². The Hall–Kier alpha value is -2.80.